The van der Waals surface area contributed by atoms with E-state index in [4.69, 9.17) is 27.9 Å². The number of hydrogen-bond acceptors (Lipinski definition) is 4. The molecule has 0 bridgehead atoms. The summed E-state index contributed by atoms with van der Waals surface area (Å²) >= 11 is 9.53. The fraction of sp³-hybridized carbons (Fsp3) is 0.647. The van der Waals surface area contributed by atoms with Crippen LogP contribution in [0.4, 0.5) is 0 Å². The first kappa shape index (κ1) is 47.3. The van der Waals surface area contributed by atoms with Gasteiger partial charge < -0.3 is 41.9 Å². The second-order valence-electron chi connectivity index (χ2n) is 14.8. The van der Waals surface area contributed by atoms with Gasteiger partial charge in [0.1, 0.15) is 0 Å². The molecule has 0 N–H and O–H groups in total. The van der Waals surface area contributed by atoms with E-state index >= 15 is 0 Å². The van der Waals surface area contributed by atoms with Gasteiger partial charge in [0.05, 0.1) is 11.9 Å². The smallest absolute Gasteiger partial charge is 0.0967 e. The van der Waals surface area contributed by atoms with Gasteiger partial charge in [-0.25, -0.2) is 0 Å². The Morgan fingerprint density at radius 3 is 1.16 bits per heavy atom. The van der Waals surface area contributed by atoms with E-state index in [0.717, 1.165) is 33.4 Å². The first-order chi connectivity index (χ1) is 18.1. The summed E-state index contributed by atoms with van der Waals surface area (Å²) in [4.78, 5) is 2.19. The van der Waals surface area contributed by atoms with Gasteiger partial charge >= 0.3 is 0 Å². The van der Waals surface area contributed by atoms with Gasteiger partial charge in [-0.15, -0.1) is 34.7 Å². The Morgan fingerprint density at radius 1 is 0.628 bits per heavy atom. The average molecular weight is 843 g/mol. The van der Waals surface area contributed by atoms with Crippen LogP contribution in [0.25, 0.3) is 0 Å². The molecule has 0 spiro atoms. The maximum Gasteiger partial charge on any atom is 0.0967 e. The maximum atomic E-state index is 13.7. The van der Waals surface area contributed by atoms with Gasteiger partial charge in [0.2, 0.25) is 0 Å². The molecule has 9 heteroatoms. The first-order valence-corrected chi connectivity index (χ1v) is 15.2. The summed E-state index contributed by atoms with van der Waals surface area (Å²) in [5.41, 5.74) is 4.90. The monoisotopic (exact) mass is 841 g/mol. The Morgan fingerprint density at radius 2 is 0.930 bits per heavy atom. The van der Waals surface area contributed by atoms with Crippen molar-refractivity contribution >= 4 is 50.2 Å². The zero-order valence-corrected chi connectivity index (χ0v) is 34.6. The predicted octanol–water partition coefficient (Wildman–Crippen LogP) is 8.09. The van der Waals surface area contributed by atoms with Gasteiger partial charge in [-0.2, -0.15) is 0 Å². The minimum Gasteiger partial charge on any atom is -2.00 e. The number of rotatable bonds is 7. The fourth-order valence-corrected chi connectivity index (χ4v) is 4.51. The topological polar surface area (TPSA) is 58.6 Å². The molecule has 0 heterocycles. The SMILES string of the molecule is COCCN(Cc1cc(C(C)(C)C)cc(C(C)(C)C)c1[O-])Cc1cc(C(C)(C)C)cc(C(C)(C)C)c1[O-].ClCCl.[S-2].[S-2].[W]. The number of nitrogens with zero attached hydrogens (tertiary/aromatic N) is 1. The third-order valence-electron chi connectivity index (χ3n) is 7.08. The molecule has 0 unspecified atom stereocenters. The Hall–Kier alpha value is -0.0717. The van der Waals surface area contributed by atoms with Gasteiger partial charge in [-0.1, -0.05) is 107 Å². The first-order valence-electron chi connectivity index (χ1n) is 14.1. The van der Waals surface area contributed by atoms with Crippen LogP contribution < -0.4 is 10.2 Å². The summed E-state index contributed by atoms with van der Waals surface area (Å²) in [6.07, 6.45) is 0. The molecule has 0 fully saturated rings. The van der Waals surface area contributed by atoms with Gasteiger partial charge in [0, 0.05) is 47.8 Å². The Bertz CT molecular complexity index is 1040. The molecule has 43 heavy (non-hydrogen) atoms. The van der Waals surface area contributed by atoms with E-state index in [2.05, 4.69) is 112 Å². The normalized spacial score (nSPS) is 12.0. The van der Waals surface area contributed by atoms with Crippen molar-refractivity contribution in [2.45, 2.75) is 118 Å². The van der Waals surface area contributed by atoms with Crippen LogP contribution in [0.3, 0.4) is 0 Å². The molecule has 4 nitrogen and oxygen atoms in total. The molecule has 0 aromatic heterocycles. The van der Waals surface area contributed by atoms with Crippen LogP contribution in [0.2, 0.25) is 0 Å². The molecule has 0 saturated heterocycles. The number of ether oxygens (including phenoxy) is 1. The average Bonchev–Trinajstić information content (AvgIpc) is 2.77. The van der Waals surface area contributed by atoms with Crippen molar-refractivity contribution in [3.8, 4) is 11.5 Å². The van der Waals surface area contributed by atoms with E-state index in [9.17, 15) is 10.2 Å². The molecular weight excluding hydrogens is 789 g/mol. The zero-order chi connectivity index (χ0) is 31.3. The van der Waals surface area contributed by atoms with Crippen LogP contribution in [0.15, 0.2) is 24.3 Å². The van der Waals surface area contributed by atoms with Crippen molar-refractivity contribution in [3.63, 3.8) is 0 Å². The Labute approximate surface area is 301 Å². The fourth-order valence-electron chi connectivity index (χ4n) is 4.51. The van der Waals surface area contributed by atoms with Crippen molar-refractivity contribution in [1.82, 2.24) is 4.90 Å². The van der Waals surface area contributed by atoms with E-state index in [1.807, 2.05) is 0 Å². The van der Waals surface area contributed by atoms with Crippen LogP contribution in [-0.4, -0.2) is 30.5 Å². The minimum absolute atomic E-state index is 0. The van der Waals surface area contributed by atoms with Crippen LogP contribution >= 0.6 is 23.2 Å². The summed E-state index contributed by atoms with van der Waals surface area (Å²) in [6.45, 7) is 27.8. The molecule has 2 aromatic rings. The van der Waals surface area contributed by atoms with E-state index in [1.165, 1.54) is 0 Å². The largest absolute Gasteiger partial charge is 2.00 e. The minimum atomic E-state index is -0.255. The molecule has 250 valence electrons. The molecule has 0 aliphatic carbocycles. The van der Waals surface area contributed by atoms with E-state index in [-0.39, 0.29) is 86.6 Å². The molecule has 0 aliphatic heterocycles. The summed E-state index contributed by atoms with van der Waals surface area (Å²) < 4.78 is 5.42. The van der Waals surface area contributed by atoms with Gasteiger partial charge in [-0.3, -0.25) is 4.90 Å². The molecule has 2 aromatic carbocycles. The van der Waals surface area contributed by atoms with Gasteiger partial charge in [-0.05, 0) is 55.0 Å². The summed E-state index contributed by atoms with van der Waals surface area (Å²) in [6, 6.07) is 8.32. The van der Waals surface area contributed by atoms with Crippen LogP contribution in [0.5, 0.6) is 11.5 Å². The summed E-state index contributed by atoms with van der Waals surface area (Å²) in [5.74, 6) is 0.202. The van der Waals surface area contributed by atoms with Crippen LogP contribution in [0.1, 0.15) is 116 Å². The molecule has 0 radical (unpaired) electrons. The van der Waals surface area contributed by atoms with E-state index < -0.39 is 0 Å². The zero-order valence-electron chi connectivity index (χ0n) is 28.5. The number of hydrogen-bond donors (Lipinski definition) is 0. The van der Waals surface area contributed by atoms with Crippen molar-refractivity contribution in [3.05, 3.63) is 57.6 Å². The Balaban J connectivity index is -0.00000255. The van der Waals surface area contributed by atoms with Gasteiger partial charge in [0.25, 0.3) is 0 Å². The standard InChI is InChI=1S/C33H53NO3.CH2Cl2.2S.W/c1-30(2,3)24-16-22(28(35)26(18-24)32(7,8)9)20-34(14-15-37-13)21-23-17-25(31(4,5)6)19-27(29(23)36)33(10,11)12;2-1-3;;;/h16-19,35-36H,14-15,20-21H2,1-13H3;1H2;;;/q;;2*-2;/p-2. The molecule has 0 amide bonds. The maximum absolute atomic E-state index is 13.7. The van der Waals surface area contributed by atoms with Gasteiger partial charge in [0.15, 0.2) is 0 Å². The van der Waals surface area contributed by atoms with Crippen LogP contribution in [0, 0.1) is 0 Å². The molecule has 2 rings (SSSR count). The number of halogens is 2. The second kappa shape index (κ2) is 18.9. The summed E-state index contributed by atoms with van der Waals surface area (Å²) in [7, 11) is 1.69. The Kier molecular flexibility index (Phi) is 20.8. The van der Waals surface area contributed by atoms with E-state index in [1.54, 1.807) is 7.11 Å². The molecule has 0 aliphatic rings. The molecular formula is C34H53Cl2NO3S2W-6. The second-order valence-corrected chi connectivity index (χ2v) is 15.6. The third-order valence-corrected chi connectivity index (χ3v) is 7.08. The third kappa shape index (κ3) is 14.5. The van der Waals surface area contributed by atoms with Crippen LogP contribution in [-0.2, 0) is 87.5 Å². The summed E-state index contributed by atoms with van der Waals surface area (Å²) in [5, 5.41) is 27.5. The molecule has 0 atom stereocenters. The molecule has 0 saturated carbocycles. The number of alkyl halides is 2. The number of methoxy groups -OCH3 is 1. The quantitative estimate of drug-likeness (QED) is 0.265. The van der Waals surface area contributed by atoms with Crippen molar-refractivity contribution < 1.29 is 36.0 Å². The number of benzene rings is 2. The van der Waals surface area contributed by atoms with E-state index in [0.29, 0.717) is 26.2 Å². The van der Waals surface area contributed by atoms with Crippen molar-refractivity contribution in [1.29, 1.82) is 0 Å². The predicted molar refractivity (Wildman–Crippen MR) is 184 cm³/mol. The van der Waals surface area contributed by atoms with Crippen molar-refractivity contribution in [2.75, 3.05) is 25.6 Å². The van der Waals surface area contributed by atoms with Crippen molar-refractivity contribution in [2.24, 2.45) is 0 Å².